The molecule has 0 atom stereocenters. The van der Waals surface area contributed by atoms with Crippen LogP contribution in [0.5, 0.6) is 0 Å². The van der Waals surface area contributed by atoms with Crippen LogP contribution in [0.1, 0.15) is 22.6 Å². The van der Waals surface area contributed by atoms with Crippen LogP contribution in [0.25, 0.3) is 0 Å². The van der Waals surface area contributed by atoms with Gasteiger partial charge in [-0.25, -0.2) is 4.39 Å². The van der Waals surface area contributed by atoms with E-state index in [1.807, 2.05) is 25.1 Å². The van der Waals surface area contributed by atoms with Gasteiger partial charge in [0.15, 0.2) is 5.82 Å². The van der Waals surface area contributed by atoms with Crippen LogP contribution < -0.4 is 16.0 Å². The molecule has 0 saturated carbocycles. The maximum atomic E-state index is 13.3. The first-order valence-electron chi connectivity index (χ1n) is 10.3. The van der Waals surface area contributed by atoms with Gasteiger partial charge in [0.2, 0.25) is 17.8 Å². The highest BCUT2D eigenvalue weighted by Crippen LogP contribution is 2.19. The number of hydrogen-bond donors (Lipinski definition) is 4. The van der Waals surface area contributed by atoms with Gasteiger partial charge in [0.05, 0.1) is 6.42 Å². The van der Waals surface area contributed by atoms with E-state index in [-0.39, 0.29) is 12.3 Å². The first-order chi connectivity index (χ1) is 15.8. The molecule has 2 aromatic carbocycles. The second-order valence-electron chi connectivity index (χ2n) is 7.59. The molecule has 0 fully saturated rings. The third-order valence-electron chi connectivity index (χ3n) is 4.84. The molecule has 0 aliphatic heterocycles. The fraction of sp³-hybridized carbons (Fsp3) is 0.174. The standard InChI is InChI=1S/C23H23FN8O/c1-13-7-8-18(9-14(13)2)28-22-25-15(3)26-23(30-22)29-20-11-19(31-32-20)12-21(33)27-17-6-4-5-16(24)10-17/h4-11H,12H2,1-3H3,(H,27,33)(H3,25,26,28,29,30,31,32). The highest BCUT2D eigenvalue weighted by molar-refractivity contribution is 5.92. The topological polar surface area (TPSA) is 121 Å². The lowest BCUT2D eigenvalue weighted by atomic mass is 10.1. The van der Waals surface area contributed by atoms with Crippen molar-refractivity contribution in [1.82, 2.24) is 25.1 Å². The Bertz CT molecular complexity index is 1300. The lowest BCUT2D eigenvalue weighted by Crippen LogP contribution is -2.14. The van der Waals surface area contributed by atoms with Crippen molar-refractivity contribution in [3.05, 3.63) is 77.0 Å². The van der Waals surface area contributed by atoms with E-state index >= 15 is 0 Å². The second-order valence-corrected chi connectivity index (χ2v) is 7.59. The summed E-state index contributed by atoms with van der Waals surface area (Å²) in [6.45, 7) is 5.86. The molecule has 4 aromatic rings. The zero-order valence-electron chi connectivity index (χ0n) is 18.4. The highest BCUT2D eigenvalue weighted by atomic mass is 19.1. The first-order valence-corrected chi connectivity index (χ1v) is 10.3. The number of rotatable bonds is 7. The Labute approximate surface area is 189 Å². The number of benzene rings is 2. The summed E-state index contributed by atoms with van der Waals surface area (Å²) in [6, 6.07) is 13.4. The number of aromatic amines is 1. The van der Waals surface area contributed by atoms with Gasteiger partial charge in [-0.2, -0.15) is 20.1 Å². The quantitative estimate of drug-likeness (QED) is 0.333. The van der Waals surface area contributed by atoms with E-state index < -0.39 is 5.82 Å². The van der Waals surface area contributed by atoms with Gasteiger partial charge in [-0.15, -0.1) is 0 Å². The summed E-state index contributed by atoms with van der Waals surface area (Å²) in [5, 5.41) is 15.8. The molecule has 1 amide bonds. The van der Waals surface area contributed by atoms with Crippen LogP contribution >= 0.6 is 0 Å². The monoisotopic (exact) mass is 446 g/mol. The fourth-order valence-corrected chi connectivity index (χ4v) is 3.12. The average Bonchev–Trinajstić information content (AvgIpc) is 3.16. The number of halogens is 1. The molecule has 2 heterocycles. The zero-order chi connectivity index (χ0) is 23.4. The minimum Gasteiger partial charge on any atom is -0.326 e. The van der Waals surface area contributed by atoms with Gasteiger partial charge in [-0.3, -0.25) is 9.89 Å². The third-order valence-corrected chi connectivity index (χ3v) is 4.84. The molecule has 4 N–H and O–H groups in total. The fourth-order valence-electron chi connectivity index (χ4n) is 3.12. The number of carbonyl (C=O) groups is 1. The van der Waals surface area contributed by atoms with Gasteiger partial charge in [0.25, 0.3) is 0 Å². The predicted molar refractivity (Wildman–Crippen MR) is 124 cm³/mol. The van der Waals surface area contributed by atoms with E-state index in [1.54, 1.807) is 19.1 Å². The lowest BCUT2D eigenvalue weighted by Gasteiger charge is -2.09. The molecule has 0 aliphatic carbocycles. The molecule has 10 heteroatoms. The van der Waals surface area contributed by atoms with Gasteiger partial charge >= 0.3 is 0 Å². The molecule has 33 heavy (non-hydrogen) atoms. The summed E-state index contributed by atoms with van der Waals surface area (Å²) in [6.07, 6.45) is 0.0427. The Hall–Kier alpha value is -4.34. The van der Waals surface area contributed by atoms with E-state index in [0.717, 1.165) is 11.3 Å². The molecule has 0 bridgehead atoms. The molecule has 0 unspecified atom stereocenters. The van der Waals surface area contributed by atoms with E-state index in [2.05, 4.69) is 48.0 Å². The molecule has 0 spiro atoms. The number of hydrogen-bond acceptors (Lipinski definition) is 7. The minimum atomic E-state index is -0.417. The van der Waals surface area contributed by atoms with Crippen molar-refractivity contribution in [3.8, 4) is 0 Å². The minimum absolute atomic E-state index is 0.0427. The lowest BCUT2D eigenvalue weighted by molar-refractivity contribution is -0.115. The number of nitrogens with zero attached hydrogens (tertiary/aromatic N) is 4. The number of carbonyl (C=O) groups excluding carboxylic acids is 1. The molecule has 4 rings (SSSR count). The first kappa shape index (κ1) is 21.9. The SMILES string of the molecule is Cc1nc(Nc2ccc(C)c(C)c2)nc(Nc2cc(CC(=O)Nc3cccc(F)c3)[nH]n2)n1. The molecule has 168 valence electrons. The second kappa shape index (κ2) is 9.43. The van der Waals surface area contributed by atoms with Crippen molar-refractivity contribution in [3.63, 3.8) is 0 Å². The smallest absolute Gasteiger partial charge is 0.233 e. The highest BCUT2D eigenvalue weighted by Gasteiger charge is 2.11. The Morgan fingerprint density at radius 2 is 1.70 bits per heavy atom. The number of nitrogens with one attached hydrogen (secondary N) is 4. The maximum absolute atomic E-state index is 13.3. The predicted octanol–water partition coefficient (Wildman–Crippen LogP) is 4.33. The molecule has 0 radical (unpaired) electrons. The Kier molecular flexibility index (Phi) is 6.25. The average molecular weight is 446 g/mol. The Morgan fingerprint density at radius 1 is 0.909 bits per heavy atom. The van der Waals surface area contributed by atoms with E-state index in [4.69, 9.17) is 0 Å². The zero-order valence-corrected chi connectivity index (χ0v) is 18.4. The molecular formula is C23H23FN8O. The maximum Gasteiger partial charge on any atom is 0.233 e. The van der Waals surface area contributed by atoms with Crippen LogP contribution in [-0.2, 0) is 11.2 Å². The van der Waals surface area contributed by atoms with Gasteiger partial charge in [0.1, 0.15) is 11.6 Å². The van der Waals surface area contributed by atoms with Gasteiger partial charge in [0, 0.05) is 23.1 Å². The molecular weight excluding hydrogens is 423 g/mol. The van der Waals surface area contributed by atoms with Crippen LogP contribution in [0.4, 0.5) is 33.5 Å². The van der Waals surface area contributed by atoms with Crippen LogP contribution in [0.3, 0.4) is 0 Å². The largest absolute Gasteiger partial charge is 0.326 e. The van der Waals surface area contributed by atoms with Crippen molar-refractivity contribution in [2.24, 2.45) is 0 Å². The number of amides is 1. The van der Waals surface area contributed by atoms with Crippen molar-refractivity contribution in [1.29, 1.82) is 0 Å². The van der Waals surface area contributed by atoms with Crippen LogP contribution in [0.2, 0.25) is 0 Å². The van der Waals surface area contributed by atoms with Crippen molar-refractivity contribution in [2.75, 3.05) is 16.0 Å². The van der Waals surface area contributed by atoms with E-state index in [0.29, 0.717) is 34.9 Å². The van der Waals surface area contributed by atoms with Crippen molar-refractivity contribution >= 4 is 35.0 Å². The van der Waals surface area contributed by atoms with Crippen molar-refractivity contribution < 1.29 is 9.18 Å². The summed E-state index contributed by atoms with van der Waals surface area (Å²) < 4.78 is 13.3. The molecule has 0 aliphatic rings. The summed E-state index contributed by atoms with van der Waals surface area (Å²) >= 11 is 0. The van der Waals surface area contributed by atoms with Crippen LogP contribution in [-0.4, -0.2) is 31.1 Å². The van der Waals surface area contributed by atoms with Crippen molar-refractivity contribution in [2.45, 2.75) is 27.2 Å². The Balaban J connectivity index is 1.41. The normalized spacial score (nSPS) is 10.7. The third kappa shape index (κ3) is 5.88. The van der Waals surface area contributed by atoms with Gasteiger partial charge in [-0.05, 0) is 62.2 Å². The number of anilines is 5. The molecule has 2 aromatic heterocycles. The molecule has 0 saturated heterocycles. The summed E-state index contributed by atoms with van der Waals surface area (Å²) in [4.78, 5) is 25.2. The van der Waals surface area contributed by atoms with E-state index in [9.17, 15) is 9.18 Å². The number of H-pyrrole nitrogens is 1. The van der Waals surface area contributed by atoms with Gasteiger partial charge < -0.3 is 16.0 Å². The summed E-state index contributed by atoms with van der Waals surface area (Å²) in [5.74, 6) is 0.983. The van der Waals surface area contributed by atoms with E-state index in [1.165, 1.54) is 23.8 Å². The van der Waals surface area contributed by atoms with Gasteiger partial charge in [-0.1, -0.05) is 12.1 Å². The summed E-state index contributed by atoms with van der Waals surface area (Å²) in [7, 11) is 0. The Morgan fingerprint density at radius 3 is 2.45 bits per heavy atom. The molecule has 9 nitrogen and oxygen atoms in total. The van der Waals surface area contributed by atoms with Crippen LogP contribution in [0.15, 0.2) is 48.5 Å². The number of aromatic nitrogens is 5. The summed E-state index contributed by atoms with van der Waals surface area (Å²) in [5.41, 5.74) is 4.21. The van der Waals surface area contributed by atoms with Crippen LogP contribution in [0, 0.1) is 26.6 Å². The number of aryl methyl sites for hydroxylation is 3.